The van der Waals surface area contributed by atoms with Gasteiger partial charge in [0.05, 0.1) is 43.4 Å². The van der Waals surface area contributed by atoms with Crippen LogP contribution in [0.3, 0.4) is 0 Å². The number of amides is 10. The van der Waals surface area contributed by atoms with Gasteiger partial charge in [0.25, 0.3) is 0 Å². The van der Waals surface area contributed by atoms with E-state index >= 15 is 0 Å². The number of primary amides is 1. The van der Waals surface area contributed by atoms with Crippen molar-refractivity contribution in [2.45, 2.75) is 139 Å². The molecule has 1 unspecified atom stereocenters. The zero-order valence-corrected chi connectivity index (χ0v) is 48.7. The Morgan fingerprint density at radius 1 is 0.683 bits per heavy atom. The summed E-state index contributed by atoms with van der Waals surface area (Å²) >= 11 is 0. The van der Waals surface area contributed by atoms with Crippen LogP contribution < -0.4 is 71.2 Å². The van der Waals surface area contributed by atoms with E-state index in [1.54, 1.807) is 0 Å². The summed E-state index contributed by atoms with van der Waals surface area (Å²) in [5.41, 5.74) is 27.8. The maximum absolute atomic E-state index is 14.4. The summed E-state index contributed by atoms with van der Waals surface area (Å²) in [5.74, 6) is -16.5. The molecule has 82 heavy (non-hydrogen) atoms. The lowest BCUT2D eigenvalue weighted by molar-refractivity contribution is -0.146. The van der Waals surface area contributed by atoms with Crippen molar-refractivity contribution >= 4 is 132 Å². The number of hydrogen-bond donors (Lipinski definition) is 16. The predicted molar refractivity (Wildman–Crippen MR) is 305 cm³/mol. The molecule has 3 heterocycles. The standard InChI is InChI=1S/C47H76N16O15S4/c1-22-13-33(65)23(2)55-44(76)31-21-82-80-19-29(56-36(67)16-48)34(66)14-24(18-79-81-20-30(38(51)70)61-41(73)25(57-39(22)71)7-3-4-10-35(49)50)40(72)60-28(17-64)43(75)59-27(15-37(68)69)46(78)63-12-6-9-32(63)45(77)58-26(42(74)62-31)8-5-11-54-47(52)53/h22-32,64H,3-21,48H2,1-2H3,(H3,49,50)(H2,51,70)(H,55,76)(H,56,67)(H,57,71)(H,58,77)(H,59,75)(H,60,72)(H,61,73)(H,62,74)(H,68,69)(H4,52,53,54)/t22-,23+,24+,25+,26+,27+,28+,29+,30+,31+,32?/m1/s1. The van der Waals surface area contributed by atoms with Gasteiger partial charge in [-0.2, -0.15) is 0 Å². The van der Waals surface area contributed by atoms with E-state index in [0.29, 0.717) is 6.42 Å². The predicted octanol–water partition coefficient (Wildman–Crippen LogP) is -5.70. The zero-order chi connectivity index (χ0) is 61.2. The van der Waals surface area contributed by atoms with Gasteiger partial charge < -0.3 is 86.3 Å². The number of carboxylic acid groups (broad SMARTS) is 1. The van der Waals surface area contributed by atoms with E-state index in [1.165, 1.54) is 13.8 Å². The lowest BCUT2D eigenvalue weighted by Crippen LogP contribution is -2.60. The Kier molecular flexibility index (Phi) is 30.3. The number of aliphatic hydroxyl groups is 1. The van der Waals surface area contributed by atoms with Crippen LogP contribution in [0.4, 0.5) is 0 Å². The molecule has 2 bridgehead atoms. The quantitative estimate of drug-likeness (QED) is 0.0314. The number of Topliss-reactive ketones (excluding diaryl/α,β-unsaturated/α-hetero) is 2. The number of nitrogens with two attached hydrogens (primary N) is 5. The summed E-state index contributed by atoms with van der Waals surface area (Å²) in [7, 11) is 3.70. The Labute approximate surface area is 488 Å². The van der Waals surface area contributed by atoms with Crippen molar-refractivity contribution in [1.82, 2.24) is 47.4 Å². The molecule has 0 aromatic heterocycles. The molecule has 3 rings (SSSR count). The van der Waals surface area contributed by atoms with Gasteiger partial charge in [-0.1, -0.05) is 56.5 Å². The largest absolute Gasteiger partial charge is 0.481 e. The molecule has 10 amide bonds. The van der Waals surface area contributed by atoms with Crippen LogP contribution >= 0.6 is 43.2 Å². The number of hydrogen-bond acceptors (Lipinski definition) is 21. The number of rotatable bonds is 15. The molecule has 0 spiro atoms. The second kappa shape index (κ2) is 35.5. The third-order valence-electron chi connectivity index (χ3n) is 13.0. The van der Waals surface area contributed by atoms with Gasteiger partial charge in [0, 0.05) is 61.3 Å². The number of aliphatic imine (C=N–C) groups is 1. The monoisotopic (exact) mass is 1230 g/mol. The summed E-state index contributed by atoms with van der Waals surface area (Å²) in [6, 6.07) is -13.5. The molecule has 0 radical (unpaired) electrons. The minimum Gasteiger partial charge on any atom is -0.481 e. The number of carboxylic acids is 1. The first-order valence-electron chi connectivity index (χ1n) is 26.2. The third kappa shape index (κ3) is 23.8. The summed E-state index contributed by atoms with van der Waals surface area (Å²) in [5, 5.41) is 47.9. The van der Waals surface area contributed by atoms with Gasteiger partial charge in [-0.15, -0.1) is 0 Å². The molecule has 3 fully saturated rings. The van der Waals surface area contributed by atoms with Crippen LogP contribution in [0.2, 0.25) is 0 Å². The number of unbranched alkanes of at least 4 members (excludes halogenated alkanes) is 1. The molecular formula is C47H76N16O15S4. The lowest BCUT2D eigenvalue weighted by Gasteiger charge is -2.30. The van der Waals surface area contributed by atoms with E-state index in [0.717, 1.165) is 48.1 Å². The van der Waals surface area contributed by atoms with Gasteiger partial charge in [-0.05, 0) is 45.4 Å². The molecule has 3 aliphatic rings. The molecule has 21 N–H and O–H groups in total. The number of carbonyl (C=O) groups excluding carboxylic acids is 12. The second-order valence-corrected chi connectivity index (χ2v) is 24.7. The summed E-state index contributed by atoms with van der Waals surface area (Å²) < 4.78 is 0. The summed E-state index contributed by atoms with van der Waals surface area (Å²) in [6.07, 6.45) is -1.30. The zero-order valence-electron chi connectivity index (χ0n) is 45.4. The lowest BCUT2D eigenvalue weighted by atomic mass is 9.98. The molecule has 35 heteroatoms. The molecule has 3 aliphatic heterocycles. The highest BCUT2D eigenvalue weighted by molar-refractivity contribution is 8.77. The van der Waals surface area contributed by atoms with Crippen LogP contribution in [0.25, 0.3) is 0 Å². The number of ketones is 2. The molecule has 458 valence electrons. The molecule has 0 saturated carbocycles. The highest BCUT2D eigenvalue weighted by Crippen LogP contribution is 2.29. The first kappa shape index (κ1) is 69.8. The van der Waals surface area contributed by atoms with Crippen molar-refractivity contribution in [3.63, 3.8) is 0 Å². The summed E-state index contributed by atoms with van der Waals surface area (Å²) in [4.78, 5) is 184. The van der Waals surface area contributed by atoms with Crippen molar-refractivity contribution in [2.75, 3.05) is 49.3 Å². The molecule has 0 aliphatic carbocycles. The Balaban J connectivity index is 2.26. The number of guanidine groups is 1. The highest BCUT2D eigenvalue weighted by atomic mass is 33.1. The van der Waals surface area contributed by atoms with E-state index in [-0.39, 0.29) is 92.8 Å². The highest BCUT2D eigenvalue weighted by Gasteiger charge is 2.41. The first-order chi connectivity index (χ1) is 38.8. The molecule has 31 nitrogen and oxygen atoms in total. The number of fused-ring (bicyclic) bond motifs is 9. The number of aliphatic hydroxyl groups excluding tert-OH is 1. The van der Waals surface area contributed by atoms with Gasteiger partial charge in [-0.3, -0.25) is 72.7 Å². The summed E-state index contributed by atoms with van der Waals surface area (Å²) in [6.45, 7) is 0.884. The van der Waals surface area contributed by atoms with E-state index in [4.69, 9.17) is 34.1 Å². The van der Waals surface area contributed by atoms with Crippen molar-refractivity contribution in [3.8, 4) is 0 Å². The second-order valence-electron chi connectivity index (χ2n) is 19.6. The van der Waals surface area contributed by atoms with E-state index in [2.05, 4.69) is 47.5 Å². The maximum atomic E-state index is 14.4. The van der Waals surface area contributed by atoms with Crippen LogP contribution in [0.5, 0.6) is 0 Å². The Morgan fingerprint density at radius 2 is 1.28 bits per heavy atom. The minimum atomic E-state index is -1.89. The minimum absolute atomic E-state index is 0.0117. The van der Waals surface area contributed by atoms with E-state index in [1.807, 2.05) is 0 Å². The number of carbonyl (C=O) groups is 13. The van der Waals surface area contributed by atoms with Crippen LogP contribution in [0.15, 0.2) is 4.99 Å². The van der Waals surface area contributed by atoms with Crippen LogP contribution in [0, 0.1) is 17.2 Å². The van der Waals surface area contributed by atoms with Gasteiger partial charge in [0.2, 0.25) is 59.1 Å². The van der Waals surface area contributed by atoms with Crippen molar-refractivity contribution in [2.24, 2.45) is 45.5 Å². The molecule has 0 aromatic rings. The average Bonchev–Trinajstić information content (AvgIpc) is 3.91. The fraction of sp³-hybridized carbons (Fsp3) is 0.681. The van der Waals surface area contributed by atoms with Crippen LogP contribution in [0.1, 0.15) is 84.5 Å². The smallest absolute Gasteiger partial charge is 0.305 e. The fourth-order valence-corrected chi connectivity index (χ4v) is 13.2. The van der Waals surface area contributed by atoms with Crippen molar-refractivity contribution in [3.05, 3.63) is 0 Å². The number of nitrogens with zero attached hydrogens (tertiary/aromatic N) is 2. The molecule has 0 aromatic carbocycles. The van der Waals surface area contributed by atoms with Crippen molar-refractivity contribution < 1.29 is 72.5 Å². The number of nitrogens with one attached hydrogen (secondary N) is 9. The molecular weight excluding hydrogens is 1160 g/mol. The molecule has 11 atom stereocenters. The Hall–Kier alpha value is -6.43. The SMILES string of the molecule is C[C@@H]1CC(=O)[C@H](C)NC(=O)[C@@H]2CSSC[C@H](NC(=O)CN)C(=O)C[C@@H](CSSC[C@@H](C(N)=O)NC(=O)[C@H](CCCCC(=N)N)NC1=O)C(=O)N[C@@H](CO)C(=O)N[C@@H](CC(=O)O)C(=O)N1CCCC1C(=O)N[C@@H](CCCN=C(N)N)C(=O)N2. The fourth-order valence-electron chi connectivity index (χ4n) is 8.37. The third-order valence-corrected chi connectivity index (χ3v) is 17.9. The number of amidine groups is 1. The van der Waals surface area contributed by atoms with Crippen LogP contribution in [-0.4, -0.2) is 207 Å². The topological polar surface area (TPSA) is 528 Å². The normalized spacial score (nSPS) is 27.9. The van der Waals surface area contributed by atoms with Gasteiger partial charge in [0.1, 0.15) is 42.3 Å². The average molecular weight is 1230 g/mol. The Bertz CT molecular complexity index is 2390. The number of aliphatic carboxylic acids is 1. The molecule has 3 saturated heterocycles. The first-order valence-corrected chi connectivity index (χ1v) is 31.2. The van der Waals surface area contributed by atoms with Gasteiger partial charge >= 0.3 is 5.97 Å². The van der Waals surface area contributed by atoms with E-state index < -0.39 is 175 Å². The van der Waals surface area contributed by atoms with Gasteiger partial charge in [0.15, 0.2) is 17.5 Å². The van der Waals surface area contributed by atoms with E-state index in [9.17, 15) is 72.5 Å². The maximum Gasteiger partial charge on any atom is 0.305 e. The Morgan fingerprint density at radius 3 is 1.91 bits per heavy atom. The van der Waals surface area contributed by atoms with Crippen LogP contribution in [-0.2, 0) is 62.3 Å². The van der Waals surface area contributed by atoms with Crippen molar-refractivity contribution in [1.29, 1.82) is 5.41 Å². The van der Waals surface area contributed by atoms with Gasteiger partial charge in [-0.25, -0.2) is 0 Å².